The number of amides is 1. The molecule has 0 rings (SSSR count). The van der Waals surface area contributed by atoms with E-state index in [1.807, 2.05) is 6.08 Å². The molecular weight excluding hydrogens is 1010 g/mol. The van der Waals surface area contributed by atoms with E-state index in [4.69, 9.17) is 4.74 Å². The molecule has 6 nitrogen and oxygen atoms in total. The van der Waals surface area contributed by atoms with Gasteiger partial charge in [0.2, 0.25) is 5.91 Å². The van der Waals surface area contributed by atoms with Crippen LogP contribution in [-0.4, -0.2) is 47.4 Å². The van der Waals surface area contributed by atoms with Gasteiger partial charge in [0.25, 0.3) is 0 Å². The van der Waals surface area contributed by atoms with Crippen molar-refractivity contribution in [1.82, 2.24) is 5.32 Å². The summed E-state index contributed by atoms with van der Waals surface area (Å²) in [5.74, 6) is -0.0351. The van der Waals surface area contributed by atoms with Crippen molar-refractivity contribution in [3.63, 3.8) is 0 Å². The fourth-order valence-electron chi connectivity index (χ4n) is 12.3. The predicted molar refractivity (Wildman–Crippen MR) is 361 cm³/mol. The molecule has 0 aliphatic heterocycles. The predicted octanol–water partition coefficient (Wildman–Crippen LogP) is 24.7. The highest BCUT2D eigenvalue weighted by Crippen LogP contribution is 2.20. The number of ether oxygens (including phenoxy) is 1. The van der Waals surface area contributed by atoms with Gasteiger partial charge in [-0.05, 0) is 32.1 Å². The van der Waals surface area contributed by atoms with Crippen LogP contribution in [0.4, 0.5) is 0 Å². The maximum Gasteiger partial charge on any atom is 0.305 e. The number of rotatable bonds is 72. The second kappa shape index (κ2) is 72.1. The summed E-state index contributed by atoms with van der Waals surface area (Å²) in [5.41, 5.74) is 0. The molecule has 0 spiro atoms. The molecule has 0 saturated heterocycles. The van der Waals surface area contributed by atoms with E-state index in [-0.39, 0.29) is 18.5 Å². The number of aliphatic hydroxyl groups excluding tert-OH is 2. The van der Waals surface area contributed by atoms with Crippen molar-refractivity contribution in [3.8, 4) is 0 Å². The number of hydrogen-bond acceptors (Lipinski definition) is 5. The van der Waals surface area contributed by atoms with Crippen LogP contribution in [0.5, 0.6) is 0 Å². The van der Waals surface area contributed by atoms with Crippen molar-refractivity contribution in [2.24, 2.45) is 0 Å². The molecule has 0 bridgehead atoms. The van der Waals surface area contributed by atoms with Gasteiger partial charge in [0.05, 0.1) is 25.4 Å². The van der Waals surface area contributed by atoms with Gasteiger partial charge in [0.15, 0.2) is 0 Å². The van der Waals surface area contributed by atoms with Gasteiger partial charge in [-0.15, -0.1) is 0 Å². The van der Waals surface area contributed by atoms with Crippen LogP contribution in [0.3, 0.4) is 0 Å². The monoisotopic (exact) mass is 1160 g/mol. The van der Waals surface area contributed by atoms with Crippen LogP contribution in [0.15, 0.2) is 12.2 Å². The van der Waals surface area contributed by atoms with Crippen molar-refractivity contribution in [3.05, 3.63) is 12.2 Å². The summed E-state index contributed by atoms with van der Waals surface area (Å²) in [6.45, 7) is 4.96. The summed E-state index contributed by atoms with van der Waals surface area (Å²) >= 11 is 0. The number of aliphatic hydroxyl groups is 2. The van der Waals surface area contributed by atoms with Crippen LogP contribution in [0.25, 0.3) is 0 Å². The Hall–Kier alpha value is -1.40. The summed E-state index contributed by atoms with van der Waals surface area (Å²) in [6, 6.07) is -0.625. The maximum absolute atomic E-state index is 12.5. The summed E-state index contributed by atoms with van der Waals surface area (Å²) in [4.78, 5) is 24.6. The summed E-state index contributed by atoms with van der Waals surface area (Å²) in [5, 5.41) is 23.2. The second-order valence-corrected chi connectivity index (χ2v) is 26.4. The largest absolute Gasteiger partial charge is 0.466 e. The Balaban J connectivity index is 3.34. The van der Waals surface area contributed by atoms with Gasteiger partial charge in [0.1, 0.15) is 0 Å². The minimum Gasteiger partial charge on any atom is -0.466 e. The zero-order valence-corrected chi connectivity index (χ0v) is 56.0. The Bertz CT molecular complexity index is 1240. The Kier molecular flexibility index (Phi) is 70.8. The van der Waals surface area contributed by atoms with Crippen molar-refractivity contribution in [1.29, 1.82) is 0 Å². The Morgan fingerprint density at radius 2 is 0.561 bits per heavy atom. The first-order chi connectivity index (χ1) is 40.5. The first kappa shape index (κ1) is 80.6. The molecule has 2 unspecified atom stereocenters. The van der Waals surface area contributed by atoms with E-state index in [0.717, 1.165) is 38.5 Å². The lowest BCUT2D eigenvalue weighted by molar-refractivity contribution is -0.143. The van der Waals surface area contributed by atoms with Crippen molar-refractivity contribution >= 4 is 11.9 Å². The van der Waals surface area contributed by atoms with Crippen LogP contribution in [0.2, 0.25) is 0 Å². The molecule has 1 amide bonds. The lowest BCUT2D eigenvalue weighted by atomic mass is 10.0. The molecule has 0 aromatic heterocycles. The number of esters is 1. The quantitative estimate of drug-likeness (QED) is 0.0320. The molecule has 488 valence electrons. The lowest BCUT2D eigenvalue weighted by Crippen LogP contribution is -2.45. The zero-order valence-electron chi connectivity index (χ0n) is 56.0. The number of unbranched alkanes of at least 4 members (excludes halogenated alkanes) is 61. The average Bonchev–Trinajstić information content (AvgIpc) is 3.48. The van der Waals surface area contributed by atoms with E-state index in [1.165, 1.54) is 372 Å². The van der Waals surface area contributed by atoms with Gasteiger partial charge in [-0.3, -0.25) is 9.59 Å². The standard InChI is InChI=1S/C76H149NO5/c1-3-5-7-9-11-13-15-17-19-21-34-37-40-44-48-52-56-60-64-68-74(79)73(72-78)77-75(80)69-65-61-57-53-49-45-41-38-35-32-30-28-26-24-22-23-25-27-29-31-33-36-39-43-47-51-55-59-63-67-71-82-76(81)70-66-62-58-54-50-46-42-20-18-16-14-12-10-8-6-4-2/h64,68,73-74,78-79H,3-63,65-67,69-72H2,1-2H3,(H,77,80)/b68-64+. The van der Waals surface area contributed by atoms with E-state index in [0.29, 0.717) is 19.4 Å². The third kappa shape index (κ3) is 67.7. The molecule has 82 heavy (non-hydrogen) atoms. The zero-order chi connectivity index (χ0) is 59.2. The summed E-state index contributed by atoms with van der Waals surface area (Å²) in [6.07, 6.45) is 90.3. The molecule has 0 aliphatic carbocycles. The first-order valence-electron chi connectivity index (χ1n) is 38.0. The van der Waals surface area contributed by atoms with Gasteiger partial charge < -0.3 is 20.3 Å². The molecule has 0 aromatic carbocycles. The van der Waals surface area contributed by atoms with E-state index in [9.17, 15) is 19.8 Å². The highest BCUT2D eigenvalue weighted by molar-refractivity contribution is 5.76. The fourth-order valence-corrected chi connectivity index (χ4v) is 12.3. The molecule has 0 aromatic rings. The molecule has 0 aliphatic rings. The number of carbonyl (C=O) groups excluding carboxylic acids is 2. The third-order valence-electron chi connectivity index (χ3n) is 18.1. The van der Waals surface area contributed by atoms with Crippen molar-refractivity contribution < 1.29 is 24.5 Å². The van der Waals surface area contributed by atoms with Gasteiger partial charge in [0, 0.05) is 12.8 Å². The molecule has 2 atom stereocenters. The van der Waals surface area contributed by atoms with Crippen LogP contribution in [-0.2, 0) is 14.3 Å². The highest BCUT2D eigenvalue weighted by atomic mass is 16.5. The molecule has 0 saturated carbocycles. The van der Waals surface area contributed by atoms with Gasteiger partial charge in [-0.1, -0.05) is 405 Å². The highest BCUT2D eigenvalue weighted by Gasteiger charge is 2.18. The maximum atomic E-state index is 12.5. The molecule has 6 heteroatoms. The van der Waals surface area contributed by atoms with Gasteiger partial charge >= 0.3 is 5.97 Å². The Morgan fingerprint density at radius 1 is 0.329 bits per heavy atom. The summed E-state index contributed by atoms with van der Waals surface area (Å²) in [7, 11) is 0. The first-order valence-corrected chi connectivity index (χ1v) is 38.0. The minimum atomic E-state index is -0.842. The Morgan fingerprint density at radius 3 is 0.829 bits per heavy atom. The Labute approximate surface area is 514 Å². The number of carbonyl (C=O) groups is 2. The van der Waals surface area contributed by atoms with Crippen molar-refractivity contribution in [2.45, 2.75) is 450 Å². The normalized spacial score (nSPS) is 12.5. The van der Waals surface area contributed by atoms with Crippen LogP contribution in [0.1, 0.15) is 438 Å². The molecule has 0 heterocycles. The van der Waals surface area contributed by atoms with Gasteiger partial charge in [-0.2, -0.15) is 0 Å². The van der Waals surface area contributed by atoms with Crippen molar-refractivity contribution in [2.75, 3.05) is 13.2 Å². The lowest BCUT2D eigenvalue weighted by Gasteiger charge is -2.20. The number of hydrogen-bond donors (Lipinski definition) is 3. The second-order valence-electron chi connectivity index (χ2n) is 26.4. The molecule has 0 radical (unpaired) electrons. The van der Waals surface area contributed by atoms with E-state index < -0.39 is 12.1 Å². The average molecular weight is 1160 g/mol. The van der Waals surface area contributed by atoms with E-state index in [1.54, 1.807) is 6.08 Å². The fraction of sp³-hybridized carbons (Fsp3) is 0.947. The SMILES string of the molecule is CCCCCCCCCCCCCCCCCCC/C=C/C(O)C(CO)NC(=O)CCCCCCCCCCCCCCCCCCCCCCCCCCCCCCCCOC(=O)CCCCCCCCCCCCCCCCCC. The van der Waals surface area contributed by atoms with E-state index in [2.05, 4.69) is 19.2 Å². The third-order valence-corrected chi connectivity index (χ3v) is 18.1. The molecule has 0 fully saturated rings. The summed E-state index contributed by atoms with van der Waals surface area (Å²) < 4.78 is 5.51. The molecule has 3 N–H and O–H groups in total. The topological polar surface area (TPSA) is 95.9 Å². The van der Waals surface area contributed by atoms with Crippen LogP contribution in [0, 0.1) is 0 Å². The number of nitrogens with one attached hydrogen (secondary N) is 1. The minimum absolute atomic E-state index is 0.0244. The molecular formula is C76H149NO5. The van der Waals surface area contributed by atoms with Crippen LogP contribution >= 0.6 is 0 Å². The smallest absolute Gasteiger partial charge is 0.305 e. The van der Waals surface area contributed by atoms with Gasteiger partial charge in [-0.25, -0.2) is 0 Å². The van der Waals surface area contributed by atoms with Crippen LogP contribution < -0.4 is 5.32 Å². The van der Waals surface area contributed by atoms with E-state index >= 15 is 0 Å². The number of allylic oxidation sites excluding steroid dienone is 1.